The number of nitrogens with one attached hydrogen (secondary N) is 2. The van der Waals surface area contributed by atoms with Gasteiger partial charge in [-0.1, -0.05) is 42.5 Å². The molecule has 2 aromatic rings. The molecule has 2 N–H and O–H groups in total. The van der Waals surface area contributed by atoms with Gasteiger partial charge >= 0.3 is 12.0 Å². The third-order valence-corrected chi connectivity index (χ3v) is 4.04. The Kier molecular flexibility index (Phi) is 5.16. The minimum absolute atomic E-state index is 0.134. The molecule has 0 bridgehead atoms. The Morgan fingerprint density at radius 3 is 2.59 bits per heavy atom. The highest BCUT2D eigenvalue weighted by Gasteiger charge is 2.34. The first-order chi connectivity index (χ1) is 13.0. The summed E-state index contributed by atoms with van der Waals surface area (Å²) in [5, 5.41) is 16.4. The fraction of sp³-hybridized carbons (Fsp3) is 0.158. The van der Waals surface area contributed by atoms with Crippen molar-refractivity contribution < 1.29 is 19.2 Å². The van der Waals surface area contributed by atoms with E-state index in [1.807, 2.05) is 6.07 Å². The standard InChI is InChI=1S/C19H17N3O5/c1-2-27-18(23)15-16(12-7-4-3-5-8-12)20-19(24)21-17(15)13-9-6-10-14(11-13)22(25)26/h3-11,17H,2H2,1H3,(H2,20,21,24)/t17-/m0/s1. The van der Waals surface area contributed by atoms with Crippen molar-refractivity contribution in [1.82, 2.24) is 10.6 Å². The average molecular weight is 367 g/mol. The number of carbonyl (C=O) groups is 2. The number of non-ortho nitro benzene ring substituents is 1. The number of ether oxygens (including phenoxy) is 1. The minimum atomic E-state index is -0.882. The van der Waals surface area contributed by atoms with E-state index >= 15 is 0 Å². The number of nitrogens with zero attached hydrogens (tertiary/aromatic N) is 1. The average Bonchev–Trinajstić information content (AvgIpc) is 2.68. The first kappa shape index (κ1) is 18.1. The largest absolute Gasteiger partial charge is 0.463 e. The molecular weight excluding hydrogens is 350 g/mol. The van der Waals surface area contributed by atoms with Crippen LogP contribution in [0.2, 0.25) is 0 Å². The van der Waals surface area contributed by atoms with Gasteiger partial charge in [0, 0.05) is 12.1 Å². The van der Waals surface area contributed by atoms with Gasteiger partial charge < -0.3 is 15.4 Å². The Hall–Kier alpha value is -3.68. The molecule has 27 heavy (non-hydrogen) atoms. The Balaban J connectivity index is 2.18. The van der Waals surface area contributed by atoms with Gasteiger partial charge in [-0.2, -0.15) is 0 Å². The summed E-state index contributed by atoms with van der Waals surface area (Å²) in [4.78, 5) is 35.5. The maximum atomic E-state index is 12.7. The summed E-state index contributed by atoms with van der Waals surface area (Å²) in [6.07, 6.45) is 0. The summed E-state index contributed by atoms with van der Waals surface area (Å²) in [5.41, 5.74) is 1.41. The number of hydrogen-bond donors (Lipinski definition) is 2. The molecule has 1 aliphatic heterocycles. The third kappa shape index (κ3) is 3.79. The molecule has 0 unspecified atom stereocenters. The van der Waals surface area contributed by atoms with Crippen LogP contribution >= 0.6 is 0 Å². The molecule has 0 spiro atoms. The molecule has 0 fully saturated rings. The number of nitro groups is 1. The highest BCUT2D eigenvalue weighted by Crippen LogP contribution is 2.33. The van der Waals surface area contributed by atoms with E-state index in [9.17, 15) is 19.7 Å². The van der Waals surface area contributed by atoms with Crippen LogP contribution < -0.4 is 10.6 Å². The second kappa shape index (κ2) is 7.69. The van der Waals surface area contributed by atoms with Gasteiger partial charge in [0.15, 0.2) is 0 Å². The van der Waals surface area contributed by atoms with Crippen LogP contribution in [0.25, 0.3) is 5.70 Å². The smallest absolute Gasteiger partial charge is 0.338 e. The number of amides is 2. The molecule has 0 saturated heterocycles. The first-order valence-corrected chi connectivity index (χ1v) is 8.29. The molecule has 8 nitrogen and oxygen atoms in total. The molecule has 138 valence electrons. The number of carbonyl (C=O) groups excluding carboxylic acids is 2. The van der Waals surface area contributed by atoms with Crippen molar-refractivity contribution >= 4 is 23.4 Å². The molecule has 0 saturated carbocycles. The predicted molar refractivity (Wildman–Crippen MR) is 97.5 cm³/mol. The van der Waals surface area contributed by atoms with Gasteiger partial charge in [-0.05, 0) is 18.1 Å². The maximum absolute atomic E-state index is 12.7. The monoisotopic (exact) mass is 367 g/mol. The van der Waals surface area contributed by atoms with Crippen molar-refractivity contribution in [2.24, 2.45) is 0 Å². The lowest BCUT2D eigenvalue weighted by Crippen LogP contribution is -2.45. The molecule has 0 aliphatic carbocycles. The normalized spacial score (nSPS) is 16.3. The molecular formula is C19H17N3O5. The van der Waals surface area contributed by atoms with Crippen molar-refractivity contribution in [3.63, 3.8) is 0 Å². The van der Waals surface area contributed by atoms with Gasteiger partial charge in [-0.15, -0.1) is 0 Å². The molecule has 1 heterocycles. The van der Waals surface area contributed by atoms with Crippen molar-refractivity contribution in [1.29, 1.82) is 0 Å². The van der Waals surface area contributed by atoms with Crippen molar-refractivity contribution in [3.8, 4) is 0 Å². The van der Waals surface area contributed by atoms with Gasteiger partial charge in [0.05, 0.1) is 28.8 Å². The van der Waals surface area contributed by atoms with Gasteiger partial charge in [0.2, 0.25) is 0 Å². The van der Waals surface area contributed by atoms with Crippen LogP contribution in [0.15, 0.2) is 60.2 Å². The number of rotatable bonds is 5. The Labute approximate surface area is 155 Å². The molecule has 2 amide bonds. The van der Waals surface area contributed by atoms with Crippen molar-refractivity contribution in [2.45, 2.75) is 13.0 Å². The molecule has 2 aromatic carbocycles. The fourth-order valence-corrected chi connectivity index (χ4v) is 2.89. The van der Waals surface area contributed by atoms with E-state index in [0.29, 0.717) is 16.8 Å². The van der Waals surface area contributed by atoms with Crippen LogP contribution in [0.3, 0.4) is 0 Å². The molecule has 1 atom stereocenters. The van der Waals surface area contributed by atoms with E-state index in [0.717, 1.165) is 0 Å². The highest BCUT2D eigenvalue weighted by molar-refractivity contribution is 6.04. The van der Waals surface area contributed by atoms with Crippen molar-refractivity contribution in [2.75, 3.05) is 6.61 Å². The van der Waals surface area contributed by atoms with Crippen LogP contribution in [0.1, 0.15) is 24.1 Å². The third-order valence-electron chi connectivity index (χ3n) is 4.04. The molecule has 0 aromatic heterocycles. The van der Waals surface area contributed by atoms with Gasteiger partial charge in [-0.25, -0.2) is 9.59 Å². The maximum Gasteiger partial charge on any atom is 0.338 e. The molecule has 3 rings (SSSR count). The summed E-state index contributed by atoms with van der Waals surface area (Å²) in [6, 6.07) is 13.3. The predicted octanol–water partition coefficient (Wildman–Crippen LogP) is 2.92. The number of nitro benzene ring substituents is 1. The Bertz CT molecular complexity index is 924. The fourth-order valence-electron chi connectivity index (χ4n) is 2.89. The number of benzene rings is 2. The Morgan fingerprint density at radius 1 is 1.19 bits per heavy atom. The SMILES string of the molecule is CCOC(=O)C1=C(c2ccccc2)NC(=O)N[C@H]1c1cccc([N+](=O)[O-])c1. The van der Waals surface area contributed by atoms with E-state index in [1.165, 1.54) is 18.2 Å². The second-order valence-corrected chi connectivity index (χ2v) is 5.76. The number of urea groups is 1. The van der Waals surface area contributed by atoms with E-state index < -0.39 is 23.0 Å². The van der Waals surface area contributed by atoms with E-state index in [4.69, 9.17) is 4.74 Å². The van der Waals surface area contributed by atoms with Crippen molar-refractivity contribution in [3.05, 3.63) is 81.4 Å². The van der Waals surface area contributed by atoms with Gasteiger partial charge in [0.25, 0.3) is 5.69 Å². The van der Waals surface area contributed by atoms with Crippen LogP contribution in [0.5, 0.6) is 0 Å². The number of esters is 1. The summed E-state index contributed by atoms with van der Waals surface area (Å²) >= 11 is 0. The van der Waals surface area contributed by atoms with Crippen LogP contribution in [-0.4, -0.2) is 23.5 Å². The second-order valence-electron chi connectivity index (χ2n) is 5.76. The zero-order chi connectivity index (χ0) is 19.4. The Morgan fingerprint density at radius 2 is 1.93 bits per heavy atom. The van der Waals surface area contributed by atoms with Gasteiger partial charge in [0.1, 0.15) is 0 Å². The lowest BCUT2D eigenvalue weighted by molar-refractivity contribution is -0.384. The zero-order valence-electron chi connectivity index (χ0n) is 14.5. The molecule has 0 radical (unpaired) electrons. The lowest BCUT2D eigenvalue weighted by atomic mass is 9.92. The molecule has 1 aliphatic rings. The lowest BCUT2D eigenvalue weighted by Gasteiger charge is -2.29. The van der Waals surface area contributed by atoms with Crippen LogP contribution in [0.4, 0.5) is 10.5 Å². The quantitative estimate of drug-likeness (QED) is 0.480. The topological polar surface area (TPSA) is 111 Å². The van der Waals surface area contributed by atoms with Crippen LogP contribution in [-0.2, 0) is 9.53 Å². The van der Waals surface area contributed by atoms with E-state index in [2.05, 4.69) is 10.6 Å². The molecule has 8 heteroatoms. The minimum Gasteiger partial charge on any atom is -0.463 e. The summed E-state index contributed by atoms with van der Waals surface area (Å²) < 4.78 is 5.18. The first-order valence-electron chi connectivity index (χ1n) is 8.29. The highest BCUT2D eigenvalue weighted by atomic mass is 16.6. The summed E-state index contributed by atoms with van der Waals surface area (Å²) in [7, 11) is 0. The zero-order valence-corrected chi connectivity index (χ0v) is 14.5. The number of hydrogen-bond acceptors (Lipinski definition) is 5. The van der Waals surface area contributed by atoms with E-state index in [-0.39, 0.29) is 17.9 Å². The summed E-state index contributed by atoms with van der Waals surface area (Å²) in [5.74, 6) is -0.611. The summed E-state index contributed by atoms with van der Waals surface area (Å²) in [6.45, 7) is 1.83. The van der Waals surface area contributed by atoms with E-state index in [1.54, 1.807) is 37.3 Å². The van der Waals surface area contributed by atoms with Gasteiger partial charge in [-0.3, -0.25) is 10.1 Å². The van der Waals surface area contributed by atoms with Crippen LogP contribution in [0, 0.1) is 10.1 Å².